The SMILES string of the molecule is Cc1ccc(CC(=O)N2CCN(Cc3nc(-c4cccc(Cl)c4)no3)CC2)cc1. The van der Waals surface area contributed by atoms with Crippen molar-refractivity contribution in [3.63, 3.8) is 0 Å². The standard InChI is InChI=1S/C22H23ClN4O2/c1-16-5-7-17(8-6-16)13-21(28)27-11-9-26(10-12-27)15-20-24-22(25-29-20)18-3-2-4-19(23)14-18/h2-8,14H,9-13,15H2,1H3. The quantitative estimate of drug-likeness (QED) is 0.643. The largest absolute Gasteiger partial charge is 0.340 e. The van der Waals surface area contributed by atoms with E-state index < -0.39 is 0 Å². The van der Waals surface area contributed by atoms with Gasteiger partial charge in [0.15, 0.2) is 0 Å². The first-order valence-electron chi connectivity index (χ1n) is 9.71. The third kappa shape index (κ3) is 5.02. The first kappa shape index (κ1) is 19.6. The van der Waals surface area contributed by atoms with Crippen molar-refractivity contribution in [2.75, 3.05) is 26.2 Å². The smallest absolute Gasteiger partial charge is 0.241 e. The van der Waals surface area contributed by atoms with Crippen molar-refractivity contribution in [3.8, 4) is 11.4 Å². The van der Waals surface area contributed by atoms with Gasteiger partial charge in [0.05, 0.1) is 13.0 Å². The molecule has 0 unspecified atom stereocenters. The Labute approximate surface area is 175 Å². The average Bonchev–Trinajstić information content (AvgIpc) is 3.19. The fraction of sp³-hybridized carbons (Fsp3) is 0.318. The van der Waals surface area contributed by atoms with Crippen LogP contribution < -0.4 is 0 Å². The number of amides is 1. The molecule has 0 bridgehead atoms. The van der Waals surface area contributed by atoms with Gasteiger partial charge in [-0.15, -0.1) is 0 Å². The molecule has 0 N–H and O–H groups in total. The molecule has 150 valence electrons. The summed E-state index contributed by atoms with van der Waals surface area (Å²) in [7, 11) is 0. The number of benzene rings is 2. The summed E-state index contributed by atoms with van der Waals surface area (Å²) < 4.78 is 5.40. The predicted molar refractivity (Wildman–Crippen MR) is 111 cm³/mol. The van der Waals surface area contributed by atoms with E-state index in [9.17, 15) is 4.79 Å². The van der Waals surface area contributed by atoms with Crippen LogP contribution in [0.2, 0.25) is 5.02 Å². The van der Waals surface area contributed by atoms with Crippen LogP contribution in [0.5, 0.6) is 0 Å². The fourth-order valence-corrected chi connectivity index (χ4v) is 3.59. The van der Waals surface area contributed by atoms with E-state index in [-0.39, 0.29) is 5.91 Å². The summed E-state index contributed by atoms with van der Waals surface area (Å²) in [4.78, 5) is 21.2. The molecule has 0 radical (unpaired) electrons. The van der Waals surface area contributed by atoms with Crippen LogP contribution in [0.15, 0.2) is 53.1 Å². The number of aryl methyl sites for hydroxylation is 1. The third-order valence-corrected chi connectivity index (χ3v) is 5.35. The predicted octanol–water partition coefficient (Wildman–Crippen LogP) is 3.59. The highest BCUT2D eigenvalue weighted by atomic mass is 35.5. The van der Waals surface area contributed by atoms with Crippen LogP contribution in [0.1, 0.15) is 17.0 Å². The Kier molecular flexibility index (Phi) is 5.92. The lowest BCUT2D eigenvalue weighted by molar-refractivity contribution is -0.132. The Morgan fingerprint density at radius 3 is 2.59 bits per heavy atom. The van der Waals surface area contributed by atoms with E-state index in [4.69, 9.17) is 16.1 Å². The molecular formula is C22H23ClN4O2. The van der Waals surface area contributed by atoms with Gasteiger partial charge in [0.25, 0.3) is 0 Å². The first-order chi connectivity index (χ1) is 14.1. The maximum Gasteiger partial charge on any atom is 0.241 e. The van der Waals surface area contributed by atoms with Crippen molar-refractivity contribution in [2.24, 2.45) is 0 Å². The summed E-state index contributed by atoms with van der Waals surface area (Å²) in [5, 5.41) is 4.69. The topological polar surface area (TPSA) is 62.5 Å². The van der Waals surface area contributed by atoms with Crippen LogP contribution in [0.25, 0.3) is 11.4 Å². The highest BCUT2D eigenvalue weighted by Gasteiger charge is 2.22. The number of hydrogen-bond acceptors (Lipinski definition) is 5. The van der Waals surface area contributed by atoms with Gasteiger partial charge in [0.2, 0.25) is 17.6 Å². The number of aromatic nitrogens is 2. The molecule has 2 heterocycles. The average molecular weight is 411 g/mol. The Balaban J connectivity index is 1.29. The normalized spacial score (nSPS) is 14.9. The van der Waals surface area contributed by atoms with Crippen molar-refractivity contribution >= 4 is 17.5 Å². The minimum atomic E-state index is 0.175. The van der Waals surface area contributed by atoms with Crippen LogP contribution in [0.4, 0.5) is 0 Å². The van der Waals surface area contributed by atoms with E-state index in [0.717, 1.165) is 24.2 Å². The number of hydrogen-bond donors (Lipinski definition) is 0. The van der Waals surface area contributed by atoms with Gasteiger partial charge in [0.1, 0.15) is 0 Å². The van der Waals surface area contributed by atoms with Gasteiger partial charge in [-0.3, -0.25) is 9.69 Å². The van der Waals surface area contributed by atoms with Gasteiger partial charge < -0.3 is 9.42 Å². The molecule has 7 heteroatoms. The van der Waals surface area contributed by atoms with Gasteiger partial charge in [-0.25, -0.2) is 0 Å². The summed E-state index contributed by atoms with van der Waals surface area (Å²) in [5.41, 5.74) is 3.09. The molecule has 0 atom stereocenters. The lowest BCUT2D eigenvalue weighted by Gasteiger charge is -2.34. The maximum atomic E-state index is 12.6. The van der Waals surface area contributed by atoms with Crippen molar-refractivity contribution in [1.82, 2.24) is 19.9 Å². The minimum absolute atomic E-state index is 0.175. The lowest BCUT2D eigenvalue weighted by Crippen LogP contribution is -2.48. The fourth-order valence-electron chi connectivity index (χ4n) is 3.40. The second-order valence-electron chi connectivity index (χ2n) is 7.34. The third-order valence-electron chi connectivity index (χ3n) is 5.11. The van der Waals surface area contributed by atoms with Gasteiger partial charge in [0, 0.05) is 36.8 Å². The number of rotatable bonds is 5. The summed E-state index contributed by atoms with van der Waals surface area (Å²) in [5.74, 6) is 1.28. The maximum absolute atomic E-state index is 12.6. The van der Waals surface area contributed by atoms with Crippen molar-refractivity contribution < 1.29 is 9.32 Å². The van der Waals surface area contributed by atoms with E-state index in [0.29, 0.717) is 42.8 Å². The van der Waals surface area contributed by atoms with Crippen molar-refractivity contribution in [1.29, 1.82) is 0 Å². The number of carbonyl (C=O) groups excluding carboxylic acids is 1. The zero-order valence-electron chi connectivity index (χ0n) is 16.3. The number of nitrogens with zero attached hydrogens (tertiary/aromatic N) is 4. The highest BCUT2D eigenvalue weighted by Crippen LogP contribution is 2.20. The molecule has 1 saturated heterocycles. The Bertz CT molecular complexity index is 978. The Hall–Kier alpha value is -2.70. The van der Waals surface area contributed by atoms with Gasteiger partial charge in [-0.1, -0.05) is 58.7 Å². The molecule has 0 spiro atoms. The van der Waals surface area contributed by atoms with Crippen LogP contribution in [0, 0.1) is 6.92 Å². The van der Waals surface area contributed by atoms with E-state index in [1.54, 1.807) is 0 Å². The van der Waals surface area contributed by atoms with Crippen molar-refractivity contribution in [2.45, 2.75) is 19.9 Å². The van der Waals surface area contributed by atoms with E-state index in [2.05, 4.69) is 15.0 Å². The lowest BCUT2D eigenvalue weighted by atomic mass is 10.1. The second-order valence-corrected chi connectivity index (χ2v) is 7.78. The number of piperazine rings is 1. The molecule has 2 aromatic carbocycles. The molecule has 1 aliphatic rings. The van der Waals surface area contributed by atoms with Crippen LogP contribution in [-0.4, -0.2) is 52.0 Å². The second kappa shape index (κ2) is 8.76. The molecular weight excluding hydrogens is 388 g/mol. The molecule has 3 aromatic rings. The zero-order chi connectivity index (χ0) is 20.2. The molecule has 1 fully saturated rings. The highest BCUT2D eigenvalue weighted by molar-refractivity contribution is 6.30. The molecule has 0 saturated carbocycles. The molecule has 1 aromatic heterocycles. The zero-order valence-corrected chi connectivity index (χ0v) is 17.1. The monoisotopic (exact) mass is 410 g/mol. The van der Waals surface area contributed by atoms with Crippen LogP contribution in [0.3, 0.4) is 0 Å². The number of carbonyl (C=O) groups is 1. The van der Waals surface area contributed by atoms with Gasteiger partial charge >= 0.3 is 0 Å². The molecule has 0 aliphatic carbocycles. The first-order valence-corrected chi connectivity index (χ1v) is 10.1. The molecule has 29 heavy (non-hydrogen) atoms. The summed E-state index contributed by atoms with van der Waals surface area (Å²) >= 11 is 6.03. The molecule has 1 amide bonds. The minimum Gasteiger partial charge on any atom is -0.340 e. The molecule has 6 nitrogen and oxygen atoms in total. The van der Waals surface area contributed by atoms with E-state index in [1.807, 2.05) is 60.4 Å². The Morgan fingerprint density at radius 2 is 1.86 bits per heavy atom. The number of halogens is 1. The summed E-state index contributed by atoms with van der Waals surface area (Å²) in [6.45, 7) is 5.61. The van der Waals surface area contributed by atoms with Gasteiger partial charge in [-0.2, -0.15) is 4.98 Å². The summed E-state index contributed by atoms with van der Waals surface area (Å²) in [6, 6.07) is 15.5. The van der Waals surface area contributed by atoms with Crippen molar-refractivity contribution in [3.05, 3.63) is 70.6 Å². The molecule has 4 rings (SSSR count). The van der Waals surface area contributed by atoms with Gasteiger partial charge in [-0.05, 0) is 24.6 Å². The van der Waals surface area contributed by atoms with E-state index >= 15 is 0 Å². The van der Waals surface area contributed by atoms with E-state index in [1.165, 1.54) is 5.56 Å². The molecule has 1 aliphatic heterocycles. The van der Waals surface area contributed by atoms with Crippen LogP contribution in [-0.2, 0) is 17.8 Å². The summed E-state index contributed by atoms with van der Waals surface area (Å²) in [6.07, 6.45) is 0.451. The van der Waals surface area contributed by atoms with Crippen LogP contribution >= 0.6 is 11.6 Å². The Morgan fingerprint density at radius 1 is 1.10 bits per heavy atom.